The van der Waals surface area contributed by atoms with Gasteiger partial charge in [0, 0.05) is 0 Å². The van der Waals surface area contributed by atoms with E-state index in [2.05, 4.69) is 54.6 Å². The Morgan fingerprint density at radius 1 is 0.852 bits per heavy atom. The molecule has 0 spiro atoms. The average molecular weight is 365 g/mol. The average Bonchev–Trinajstić information content (AvgIpc) is 2.72. The van der Waals surface area contributed by atoms with E-state index in [4.69, 9.17) is 10.5 Å². The molecule has 0 atom stereocenters. The molecule has 0 radical (unpaired) electrons. The van der Waals surface area contributed by atoms with Gasteiger partial charge in [0.05, 0.1) is 25.4 Å². The molecule has 4 N–H and O–H groups in total. The van der Waals surface area contributed by atoms with E-state index in [0.717, 1.165) is 34.2 Å². The summed E-state index contributed by atoms with van der Waals surface area (Å²) >= 11 is 0. The highest BCUT2D eigenvalue weighted by Gasteiger charge is 2.22. The van der Waals surface area contributed by atoms with Crippen molar-refractivity contribution in [2.24, 2.45) is 5.73 Å². The highest BCUT2D eigenvalue weighted by atomic mass is 16.5. The van der Waals surface area contributed by atoms with Crippen LogP contribution in [-0.2, 0) is 6.42 Å². The number of rotatable bonds is 8. The van der Waals surface area contributed by atoms with Gasteiger partial charge in [-0.05, 0) is 65.4 Å². The SMILES string of the molecule is CCOc1ccc2cc(-c3ccc(CCC(N)(CO)CO)cc3)ccc2c1. The summed E-state index contributed by atoms with van der Waals surface area (Å²) in [5.74, 6) is 0.892. The maximum Gasteiger partial charge on any atom is 0.119 e. The van der Waals surface area contributed by atoms with Gasteiger partial charge in [-0.25, -0.2) is 0 Å². The minimum Gasteiger partial charge on any atom is -0.494 e. The van der Waals surface area contributed by atoms with Crippen LogP contribution in [0.5, 0.6) is 5.75 Å². The molecule has 0 aliphatic heterocycles. The molecule has 27 heavy (non-hydrogen) atoms. The second-order valence-corrected chi connectivity index (χ2v) is 7.03. The number of ether oxygens (including phenoxy) is 1. The molecule has 0 fully saturated rings. The zero-order valence-corrected chi connectivity index (χ0v) is 15.7. The minimum absolute atomic E-state index is 0.219. The third-order valence-electron chi connectivity index (χ3n) is 4.95. The van der Waals surface area contributed by atoms with Crippen LogP contribution >= 0.6 is 0 Å². The molecule has 0 saturated carbocycles. The van der Waals surface area contributed by atoms with E-state index in [-0.39, 0.29) is 13.2 Å². The van der Waals surface area contributed by atoms with Crippen LogP contribution < -0.4 is 10.5 Å². The summed E-state index contributed by atoms with van der Waals surface area (Å²) in [5, 5.41) is 20.9. The molecule has 0 saturated heterocycles. The fraction of sp³-hybridized carbons (Fsp3) is 0.304. The fourth-order valence-corrected chi connectivity index (χ4v) is 3.13. The molecule has 3 aromatic rings. The Kier molecular flexibility index (Phi) is 6.11. The topological polar surface area (TPSA) is 75.7 Å². The first-order chi connectivity index (χ1) is 13.1. The van der Waals surface area contributed by atoms with Gasteiger partial charge in [0.15, 0.2) is 0 Å². The fourth-order valence-electron chi connectivity index (χ4n) is 3.13. The van der Waals surface area contributed by atoms with E-state index in [1.807, 2.05) is 13.0 Å². The molecular formula is C23H27NO3. The van der Waals surface area contributed by atoms with Crippen LogP contribution in [0.15, 0.2) is 60.7 Å². The van der Waals surface area contributed by atoms with Crippen LogP contribution in [0.1, 0.15) is 18.9 Å². The largest absolute Gasteiger partial charge is 0.494 e. The predicted molar refractivity (Wildman–Crippen MR) is 110 cm³/mol. The van der Waals surface area contributed by atoms with Crippen molar-refractivity contribution in [2.75, 3.05) is 19.8 Å². The van der Waals surface area contributed by atoms with Crippen LogP contribution in [0.2, 0.25) is 0 Å². The normalized spacial score (nSPS) is 11.7. The number of aliphatic hydroxyl groups is 2. The molecule has 0 amide bonds. The first-order valence-electron chi connectivity index (χ1n) is 9.33. The maximum atomic E-state index is 9.30. The summed E-state index contributed by atoms with van der Waals surface area (Å²) in [6, 6.07) is 20.9. The van der Waals surface area contributed by atoms with Gasteiger partial charge in [-0.3, -0.25) is 0 Å². The number of hydrogen-bond acceptors (Lipinski definition) is 4. The van der Waals surface area contributed by atoms with E-state index in [1.54, 1.807) is 0 Å². The molecule has 3 rings (SSSR count). The van der Waals surface area contributed by atoms with Crippen LogP contribution in [0.25, 0.3) is 21.9 Å². The van der Waals surface area contributed by atoms with Crippen molar-refractivity contribution in [3.63, 3.8) is 0 Å². The maximum absolute atomic E-state index is 9.30. The summed E-state index contributed by atoms with van der Waals surface area (Å²) in [7, 11) is 0. The second kappa shape index (κ2) is 8.53. The van der Waals surface area contributed by atoms with Crippen molar-refractivity contribution in [3.8, 4) is 16.9 Å². The van der Waals surface area contributed by atoms with Crippen LogP contribution in [-0.4, -0.2) is 35.6 Å². The number of hydrogen-bond donors (Lipinski definition) is 3. The predicted octanol–water partition coefficient (Wildman–Crippen LogP) is 3.52. The summed E-state index contributed by atoms with van der Waals surface area (Å²) in [6.45, 7) is 2.21. The summed E-state index contributed by atoms with van der Waals surface area (Å²) in [4.78, 5) is 0. The Morgan fingerprint density at radius 2 is 1.48 bits per heavy atom. The zero-order valence-electron chi connectivity index (χ0n) is 15.7. The van der Waals surface area contributed by atoms with E-state index < -0.39 is 5.54 Å². The first-order valence-corrected chi connectivity index (χ1v) is 9.33. The molecule has 0 heterocycles. The number of aryl methyl sites for hydroxylation is 1. The zero-order chi connectivity index (χ0) is 19.3. The van der Waals surface area contributed by atoms with E-state index >= 15 is 0 Å². The van der Waals surface area contributed by atoms with Gasteiger partial charge in [-0.15, -0.1) is 0 Å². The summed E-state index contributed by atoms with van der Waals surface area (Å²) in [5.41, 5.74) is 8.47. The number of nitrogens with two attached hydrogens (primary N) is 1. The third kappa shape index (κ3) is 4.66. The van der Waals surface area contributed by atoms with Crippen molar-refractivity contribution in [1.82, 2.24) is 0 Å². The first kappa shape index (κ1) is 19.4. The van der Waals surface area contributed by atoms with Gasteiger partial charge in [-0.2, -0.15) is 0 Å². The van der Waals surface area contributed by atoms with Gasteiger partial charge in [-0.1, -0.05) is 42.5 Å². The highest BCUT2D eigenvalue weighted by Crippen LogP contribution is 2.27. The van der Waals surface area contributed by atoms with Crippen LogP contribution in [0.4, 0.5) is 0 Å². The van der Waals surface area contributed by atoms with Crippen LogP contribution in [0, 0.1) is 0 Å². The highest BCUT2D eigenvalue weighted by molar-refractivity contribution is 5.88. The molecule has 0 aliphatic rings. The second-order valence-electron chi connectivity index (χ2n) is 7.03. The number of aliphatic hydroxyl groups excluding tert-OH is 2. The number of benzene rings is 3. The Labute approximate surface area is 160 Å². The Balaban J connectivity index is 1.75. The van der Waals surface area contributed by atoms with Gasteiger partial charge in [0.2, 0.25) is 0 Å². The molecule has 142 valence electrons. The van der Waals surface area contributed by atoms with Crippen LogP contribution in [0.3, 0.4) is 0 Å². The number of fused-ring (bicyclic) bond motifs is 1. The summed E-state index contributed by atoms with van der Waals surface area (Å²) in [6.07, 6.45) is 1.26. The lowest BCUT2D eigenvalue weighted by Gasteiger charge is -2.24. The molecule has 0 bridgehead atoms. The Hall–Kier alpha value is -2.40. The van der Waals surface area contributed by atoms with E-state index in [9.17, 15) is 10.2 Å². The van der Waals surface area contributed by atoms with Crippen molar-refractivity contribution in [3.05, 3.63) is 66.2 Å². The standard InChI is InChI=1S/C23H27NO3/c1-2-27-22-10-9-20-13-19(7-8-21(20)14-22)18-5-3-17(4-6-18)11-12-23(24,15-25)16-26/h3-10,13-14,25-26H,2,11-12,15-16,24H2,1H3. The Bertz CT molecular complexity index is 886. The van der Waals surface area contributed by atoms with Crippen molar-refractivity contribution < 1.29 is 14.9 Å². The smallest absolute Gasteiger partial charge is 0.119 e. The molecule has 0 aromatic heterocycles. The third-order valence-corrected chi connectivity index (χ3v) is 4.95. The van der Waals surface area contributed by atoms with Crippen molar-refractivity contribution in [2.45, 2.75) is 25.3 Å². The lowest BCUT2D eigenvalue weighted by molar-refractivity contribution is 0.115. The monoisotopic (exact) mass is 365 g/mol. The van der Waals surface area contributed by atoms with E-state index in [1.165, 1.54) is 5.39 Å². The lowest BCUT2D eigenvalue weighted by atomic mass is 9.93. The molecule has 4 heteroatoms. The molecule has 3 aromatic carbocycles. The van der Waals surface area contributed by atoms with Crippen molar-refractivity contribution in [1.29, 1.82) is 0 Å². The minimum atomic E-state index is -0.919. The summed E-state index contributed by atoms with van der Waals surface area (Å²) < 4.78 is 5.56. The molecule has 0 unspecified atom stereocenters. The van der Waals surface area contributed by atoms with Crippen molar-refractivity contribution >= 4 is 10.8 Å². The Morgan fingerprint density at radius 3 is 2.15 bits per heavy atom. The quantitative estimate of drug-likeness (QED) is 0.571. The van der Waals surface area contributed by atoms with Gasteiger partial charge in [0.1, 0.15) is 5.75 Å². The molecular weight excluding hydrogens is 338 g/mol. The van der Waals surface area contributed by atoms with E-state index in [0.29, 0.717) is 13.0 Å². The lowest BCUT2D eigenvalue weighted by Crippen LogP contribution is -2.47. The molecule has 4 nitrogen and oxygen atoms in total. The van der Waals surface area contributed by atoms with Gasteiger partial charge >= 0.3 is 0 Å². The molecule has 0 aliphatic carbocycles. The van der Waals surface area contributed by atoms with Gasteiger partial charge < -0.3 is 20.7 Å². The van der Waals surface area contributed by atoms with Gasteiger partial charge in [0.25, 0.3) is 0 Å².